The van der Waals surface area contributed by atoms with Gasteiger partial charge in [0, 0.05) is 12.5 Å². The van der Waals surface area contributed by atoms with Crippen LogP contribution in [0.25, 0.3) is 5.57 Å². The van der Waals surface area contributed by atoms with Crippen molar-refractivity contribution in [3.05, 3.63) is 64.7 Å². The number of benzene rings is 2. The summed E-state index contributed by atoms with van der Waals surface area (Å²) in [6.45, 7) is 2.08. The van der Waals surface area contributed by atoms with Gasteiger partial charge in [0.05, 0.1) is 36.7 Å². The fraction of sp³-hybridized carbons (Fsp3) is 0.304. The maximum absolute atomic E-state index is 13.4. The summed E-state index contributed by atoms with van der Waals surface area (Å²) in [6.07, 6.45) is 2.06. The van der Waals surface area contributed by atoms with E-state index in [9.17, 15) is 18.0 Å². The van der Waals surface area contributed by atoms with E-state index in [1.54, 1.807) is 4.90 Å². The van der Waals surface area contributed by atoms with Crippen LogP contribution in [0.5, 0.6) is 5.75 Å². The van der Waals surface area contributed by atoms with Crippen molar-refractivity contribution >= 4 is 33.3 Å². The Kier molecular flexibility index (Phi) is 5.79. The molecule has 0 aliphatic carbocycles. The third-order valence-electron chi connectivity index (χ3n) is 5.38. The highest BCUT2D eigenvalue weighted by atomic mass is 32.2. The molecular formula is C23H23NO7S. The first-order valence-electron chi connectivity index (χ1n) is 10.0. The van der Waals surface area contributed by atoms with Crippen LogP contribution in [0.4, 0.5) is 5.69 Å². The summed E-state index contributed by atoms with van der Waals surface area (Å²) < 4.78 is 38.5. The molecule has 0 saturated heterocycles. The average Bonchev–Trinajstić information content (AvgIpc) is 3.27. The molecule has 2 aliphatic rings. The molecule has 4 rings (SSSR count). The number of anilines is 1. The molecule has 168 valence electrons. The van der Waals surface area contributed by atoms with E-state index in [4.69, 9.17) is 13.7 Å². The lowest BCUT2D eigenvalue weighted by atomic mass is 9.97. The minimum Gasteiger partial charge on any atom is -0.487 e. The van der Waals surface area contributed by atoms with Crippen molar-refractivity contribution in [1.82, 2.24) is 0 Å². The predicted octanol–water partition coefficient (Wildman–Crippen LogP) is 2.38. The minimum atomic E-state index is -3.62. The van der Waals surface area contributed by atoms with E-state index >= 15 is 0 Å². The van der Waals surface area contributed by atoms with Crippen LogP contribution in [0, 0.1) is 6.92 Å². The Morgan fingerprint density at radius 1 is 1.28 bits per heavy atom. The van der Waals surface area contributed by atoms with Crippen molar-refractivity contribution in [3.63, 3.8) is 0 Å². The van der Waals surface area contributed by atoms with Gasteiger partial charge in [-0.2, -0.15) is 8.42 Å². The predicted molar refractivity (Wildman–Crippen MR) is 118 cm³/mol. The Hall–Kier alpha value is -3.17. The van der Waals surface area contributed by atoms with Gasteiger partial charge in [-0.05, 0) is 23.6 Å². The molecule has 0 saturated carbocycles. The topological polar surface area (TPSA) is 99.2 Å². The Morgan fingerprint density at radius 2 is 2.00 bits per heavy atom. The second kappa shape index (κ2) is 8.40. The van der Waals surface area contributed by atoms with Gasteiger partial charge in [-0.25, -0.2) is 4.79 Å². The number of hydrogen-bond acceptors (Lipinski definition) is 7. The lowest BCUT2D eigenvalue weighted by molar-refractivity contribution is -0.135. The van der Waals surface area contributed by atoms with Crippen molar-refractivity contribution in [2.24, 2.45) is 0 Å². The summed E-state index contributed by atoms with van der Waals surface area (Å²) in [5, 5.41) is 0. The van der Waals surface area contributed by atoms with Crippen LogP contribution in [0.2, 0.25) is 0 Å². The summed E-state index contributed by atoms with van der Waals surface area (Å²) in [5.74, 6) is -0.511. The van der Waals surface area contributed by atoms with E-state index in [1.807, 2.05) is 43.3 Å². The van der Waals surface area contributed by atoms with Gasteiger partial charge in [0.15, 0.2) is 0 Å². The maximum Gasteiger partial charge on any atom is 0.331 e. The summed E-state index contributed by atoms with van der Waals surface area (Å²) >= 11 is 0. The van der Waals surface area contributed by atoms with E-state index in [2.05, 4.69) is 0 Å². The van der Waals surface area contributed by atoms with Crippen LogP contribution < -0.4 is 9.64 Å². The quantitative estimate of drug-likeness (QED) is 0.373. The Morgan fingerprint density at radius 3 is 2.66 bits per heavy atom. The summed E-state index contributed by atoms with van der Waals surface area (Å²) in [4.78, 5) is 27.1. The minimum absolute atomic E-state index is 0.140. The van der Waals surface area contributed by atoms with Gasteiger partial charge >= 0.3 is 5.97 Å². The molecule has 1 amide bonds. The lowest BCUT2D eigenvalue weighted by Gasteiger charge is -2.20. The average molecular weight is 458 g/mol. The number of esters is 1. The van der Waals surface area contributed by atoms with Crippen LogP contribution in [0.3, 0.4) is 0 Å². The first kappa shape index (κ1) is 22.0. The molecule has 2 aromatic rings. The SMILES string of the molecule is COC(=O)C=C1C(=O)N(Cc2ccccc2)c2c(C)cc3c(c21)OC(COS(C)(=O)=O)C3. The molecule has 1 atom stereocenters. The number of nitrogens with zero attached hydrogens (tertiary/aromatic N) is 1. The number of methoxy groups -OCH3 is 1. The molecule has 2 aliphatic heterocycles. The number of hydrogen-bond donors (Lipinski definition) is 0. The highest BCUT2D eigenvalue weighted by Crippen LogP contribution is 2.49. The Balaban J connectivity index is 1.78. The van der Waals surface area contributed by atoms with Gasteiger partial charge in [0.2, 0.25) is 0 Å². The fourth-order valence-corrected chi connectivity index (χ4v) is 4.47. The van der Waals surface area contributed by atoms with E-state index in [-0.39, 0.29) is 18.1 Å². The molecule has 32 heavy (non-hydrogen) atoms. The molecule has 2 aromatic carbocycles. The molecule has 0 N–H and O–H groups in total. The second-order valence-corrected chi connectivity index (χ2v) is 9.44. The van der Waals surface area contributed by atoms with Crippen LogP contribution in [0.1, 0.15) is 22.3 Å². The third-order valence-corrected chi connectivity index (χ3v) is 5.95. The number of rotatable bonds is 6. The standard InChI is InChI=1S/C23H23NO7S/c1-14-9-16-10-17(13-30-32(3,27)28)31-22(16)20-18(11-19(25)29-2)23(26)24(21(14)20)12-15-7-5-4-6-8-15/h4-9,11,17H,10,12-13H2,1-3H3. The van der Waals surface area contributed by atoms with Gasteiger partial charge in [0.1, 0.15) is 18.5 Å². The molecular weight excluding hydrogens is 434 g/mol. The smallest absolute Gasteiger partial charge is 0.331 e. The maximum atomic E-state index is 13.4. The Labute approximate surface area is 186 Å². The van der Waals surface area contributed by atoms with Crippen LogP contribution in [-0.2, 0) is 41.6 Å². The van der Waals surface area contributed by atoms with Gasteiger partial charge in [-0.1, -0.05) is 36.4 Å². The highest BCUT2D eigenvalue weighted by molar-refractivity contribution is 7.85. The van der Waals surface area contributed by atoms with E-state index < -0.39 is 22.2 Å². The third kappa shape index (κ3) is 4.26. The van der Waals surface area contributed by atoms with Gasteiger partial charge in [-0.15, -0.1) is 0 Å². The zero-order valence-corrected chi connectivity index (χ0v) is 18.8. The van der Waals surface area contributed by atoms with Crippen molar-refractivity contribution in [2.45, 2.75) is 26.0 Å². The molecule has 0 radical (unpaired) electrons. The fourth-order valence-electron chi connectivity index (χ4n) is 4.07. The van der Waals surface area contributed by atoms with Crippen molar-refractivity contribution in [3.8, 4) is 5.75 Å². The number of amides is 1. The summed E-state index contributed by atoms with van der Waals surface area (Å²) in [5.41, 5.74) is 3.99. The van der Waals surface area contributed by atoms with Crippen molar-refractivity contribution < 1.29 is 31.7 Å². The molecule has 2 heterocycles. The molecule has 9 heteroatoms. The van der Waals surface area contributed by atoms with Crippen molar-refractivity contribution in [1.29, 1.82) is 0 Å². The zero-order chi connectivity index (χ0) is 23.0. The molecule has 1 unspecified atom stereocenters. The first-order valence-corrected chi connectivity index (χ1v) is 11.8. The summed E-state index contributed by atoms with van der Waals surface area (Å²) in [6, 6.07) is 11.5. The van der Waals surface area contributed by atoms with E-state index in [0.717, 1.165) is 22.9 Å². The van der Waals surface area contributed by atoms with E-state index in [0.29, 0.717) is 30.0 Å². The summed E-state index contributed by atoms with van der Waals surface area (Å²) in [7, 11) is -2.37. The highest BCUT2D eigenvalue weighted by Gasteiger charge is 2.41. The number of fused-ring (bicyclic) bond motifs is 3. The lowest BCUT2D eigenvalue weighted by Crippen LogP contribution is -2.26. The van der Waals surface area contributed by atoms with Crippen molar-refractivity contribution in [2.75, 3.05) is 24.9 Å². The largest absolute Gasteiger partial charge is 0.487 e. The van der Waals surface area contributed by atoms with Gasteiger partial charge in [0.25, 0.3) is 16.0 Å². The number of ether oxygens (including phenoxy) is 2. The monoisotopic (exact) mass is 457 g/mol. The van der Waals surface area contributed by atoms with Gasteiger partial charge < -0.3 is 14.4 Å². The normalized spacial score (nSPS) is 18.5. The Bertz CT molecular complexity index is 1220. The van der Waals surface area contributed by atoms with E-state index in [1.165, 1.54) is 13.2 Å². The molecule has 0 spiro atoms. The van der Waals surface area contributed by atoms with Crippen LogP contribution >= 0.6 is 0 Å². The second-order valence-electron chi connectivity index (χ2n) is 7.80. The van der Waals surface area contributed by atoms with Crippen LogP contribution in [-0.4, -0.2) is 46.4 Å². The number of aryl methyl sites for hydroxylation is 1. The molecule has 0 fully saturated rings. The molecule has 0 bridgehead atoms. The van der Waals surface area contributed by atoms with Gasteiger partial charge in [-0.3, -0.25) is 8.98 Å². The number of carbonyl (C=O) groups is 2. The zero-order valence-electron chi connectivity index (χ0n) is 18.0. The van der Waals surface area contributed by atoms with Crippen LogP contribution in [0.15, 0.2) is 42.5 Å². The molecule has 8 nitrogen and oxygen atoms in total. The number of carbonyl (C=O) groups excluding carboxylic acids is 2. The first-order chi connectivity index (χ1) is 15.2. The molecule has 0 aromatic heterocycles.